The molecule has 1 atom stereocenters. The lowest BCUT2D eigenvalue weighted by atomic mass is 10.0. The molecule has 2 rings (SSSR count). The van der Waals surface area contributed by atoms with Gasteiger partial charge in [0.15, 0.2) is 0 Å². The van der Waals surface area contributed by atoms with Crippen LogP contribution in [0.3, 0.4) is 0 Å². The summed E-state index contributed by atoms with van der Waals surface area (Å²) in [7, 11) is 1.70. The van der Waals surface area contributed by atoms with Gasteiger partial charge in [-0.1, -0.05) is 18.2 Å². The second kappa shape index (κ2) is 8.01. The van der Waals surface area contributed by atoms with Gasteiger partial charge in [0.1, 0.15) is 5.75 Å². The van der Waals surface area contributed by atoms with Crippen LogP contribution in [-0.4, -0.2) is 26.9 Å². The molecule has 1 N–H and O–H groups in total. The van der Waals surface area contributed by atoms with E-state index in [1.54, 1.807) is 7.11 Å². The minimum atomic E-state index is 0.345. The van der Waals surface area contributed by atoms with Gasteiger partial charge in [0.05, 0.1) is 7.11 Å². The Morgan fingerprint density at radius 1 is 1.10 bits per heavy atom. The molecule has 0 heterocycles. The average Bonchev–Trinajstić information content (AvgIpc) is 2.53. The Kier molecular flexibility index (Phi) is 6.03. The molecule has 3 heteroatoms. The van der Waals surface area contributed by atoms with Crippen LogP contribution in [0.15, 0.2) is 36.4 Å². The fraction of sp³-hybridized carbons (Fsp3) is 0.444. The quantitative estimate of drug-likeness (QED) is 0.746. The van der Waals surface area contributed by atoms with E-state index >= 15 is 0 Å². The van der Waals surface area contributed by atoms with E-state index in [1.807, 2.05) is 13.0 Å². The van der Waals surface area contributed by atoms with E-state index in [0.29, 0.717) is 6.04 Å². The van der Waals surface area contributed by atoms with Gasteiger partial charge in [-0.15, -0.1) is 0 Å². The zero-order valence-corrected chi connectivity index (χ0v) is 13.2. The smallest absolute Gasteiger partial charge is 0.119 e. The van der Waals surface area contributed by atoms with Crippen LogP contribution in [-0.2, 0) is 4.74 Å². The lowest BCUT2D eigenvalue weighted by Crippen LogP contribution is -2.20. The van der Waals surface area contributed by atoms with Gasteiger partial charge in [-0.05, 0) is 61.3 Å². The standard InChI is InChI=1S/C18H25NO2/c1-4-21-11-5-10-19-14(2)15-6-7-17-13-18(20-3)9-8-16(17)12-15/h6-9,12-14,19H,4-5,10-11H2,1-3H3. The lowest BCUT2D eigenvalue weighted by molar-refractivity contribution is 0.144. The molecule has 0 spiro atoms. The maximum absolute atomic E-state index is 5.35. The minimum absolute atomic E-state index is 0.345. The molecule has 0 radical (unpaired) electrons. The first-order valence-electron chi connectivity index (χ1n) is 7.63. The third-order valence-corrected chi connectivity index (χ3v) is 3.69. The molecule has 2 aromatic carbocycles. The lowest BCUT2D eigenvalue weighted by Gasteiger charge is -2.15. The largest absolute Gasteiger partial charge is 0.497 e. The summed E-state index contributed by atoms with van der Waals surface area (Å²) in [4.78, 5) is 0. The molecule has 1 unspecified atom stereocenters. The highest BCUT2D eigenvalue weighted by Crippen LogP contribution is 2.24. The topological polar surface area (TPSA) is 30.5 Å². The molecule has 0 amide bonds. The predicted molar refractivity (Wildman–Crippen MR) is 88.0 cm³/mol. The summed E-state index contributed by atoms with van der Waals surface area (Å²) in [6, 6.07) is 13.1. The number of nitrogens with one attached hydrogen (secondary N) is 1. The van der Waals surface area contributed by atoms with Crippen molar-refractivity contribution in [1.29, 1.82) is 0 Å². The first-order valence-corrected chi connectivity index (χ1v) is 7.63. The summed E-state index contributed by atoms with van der Waals surface area (Å²) >= 11 is 0. The Hall–Kier alpha value is -1.58. The molecule has 0 aliphatic rings. The van der Waals surface area contributed by atoms with Crippen molar-refractivity contribution < 1.29 is 9.47 Å². The highest BCUT2D eigenvalue weighted by atomic mass is 16.5. The molecule has 0 aromatic heterocycles. The molecule has 2 aromatic rings. The van der Waals surface area contributed by atoms with Gasteiger partial charge in [0, 0.05) is 19.3 Å². The van der Waals surface area contributed by atoms with Crippen molar-refractivity contribution in [1.82, 2.24) is 5.32 Å². The van der Waals surface area contributed by atoms with Crippen LogP contribution < -0.4 is 10.1 Å². The second-order valence-corrected chi connectivity index (χ2v) is 5.20. The third-order valence-electron chi connectivity index (χ3n) is 3.69. The molecule has 0 saturated heterocycles. The maximum Gasteiger partial charge on any atom is 0.119 e. The van der Waals surface area contributed by atoms with Crippen molar-refractivity contribution in [2.45, 2.75) is 26.3 Å². The first kappa shape index (κ1) is 15.8. The van der Waals surface area contributed by atoms with Crippen LogP contribution >= 0.6 is 0 Å². The SMILES string of the molecule is CCOCCCNC(C)c1ccc2cc(OC)ccc2c1. The van der Waals surface area contributed by atoms with Crippen molar-refractivity contribution in [2.24, 2.45) is 0 Å². The van der Waals surface area contributed by atoms with Gasteiger partial charge in [-0.25, -0.2) is 0 Å². The Balaban J connectivity index is 1.98. The highest BCUT2D eigenvalue weighted by Gasteiger charge is 2.06. The van der Waals surface area contributed by atoms with Gasteiger partial charge in [-0.3, -0.25) is 0 Å². The van der Waals surface area contributed by atoms with Gasteiger partial charge < -0.3 is 14.8 Å². The zero-order valence-electron chi connectivity index (χ0n) is 13.2. The van der Waals surface area contributed by atoms with Crippen LogP contribution in [0, 0.1) is 0 Å². The van der Waals surface area contributed by atoms with Gasteiger partial charge in [0.2, 0.25) is 0 Å². The van der Waals surface area contributed by atoms with Crippen molar-refractivity contribution in [2.75, 3.05) is 26.9 Å². The van der Waals surface area contributed by atoms with Crippen molar-refractivity contribution in [3.05, 3.63) is 42.0 Å². The summed E-state index contributed by atoms with van der Waals surface area (Å²) in [6.45, 7) is 6.82. The molecule has 114 valence electrons. The number of benzene rings is 2. The van der Waals surface area contributed by atoms with E-state index in [9.17, 15) is 0 Å². The molecule has 0 aliphatic carbocycles. The molecule has 0 saturated carbocycles. The number of rotatable bonds is 8. The summed E-state index contributed by atoms with van der Waals surface area (Å²) in [5, 5.41) is 6.00. The molecular weight excluding hydrogens is 262 g/mol. The molecule has 3 nitrogen and oxygen atoms in total. The number of ether oxygens (including phenoxy) is 2. The molecule has 0 fully saturated rings. The Morgan fingerprint density at radius 3 is 2.62 bits per heavy atom. The van der Waals surface area contributed by atoms with Crippen LogP contribution in [0.1, 0.15) is 31.9 Å². The monoisotopic (exact) mass is 287 g/mol. The molecule has 0 bridgehead atoms. The first-order chi connectivity index (χ1) is 10.2. The van der Waals surface area contributed by atoms with Gasteiger partial charge >= 0.3 is 0 Å². The van der Waals surface area contributed by atoms with Gasteiger partial charge in [0.25, 0.3) is 0 Å². The third kappa shape index (κ3) is 4.45. The van der Waals surface area contributed by atoms with E-state index in [1.165, 1.54) is 16.3 Å². The normalized spacial score (nSPS) is 12.5. The van der Waals surface area contributed by atoms with E-state index in [0.717, 1.165) is 31.9 Å². The molecule has 0 aliphatic heterocycles. The number of hydrogen-bond donors (Lipinski definition) is 1. The molecular formula is C18H25NO2. The van der Waals surface area contributed by atoms with Crippen molar-refractivity contribution >= 4 is 10.8 Å². The Bertz CT molecular complexity index is 568. The molecule has 21 heavy (non-hydrogen) atoms. The van der Waals surface area contributed by atoms with E-state index in [2.05, 4.69) is 42.6 Å². The predicted octanol–water partition coefficient (Wildman–Crippen LogP) is 3.93. The van der Waals surface area contributed by atoms with Crippen molar-refractivity contribution in [3.63, 3.8) is 0 Å². The van der Waals surface area contributed by atoms with E-state index < -0.39 is 0 Å². The summed E-state index contributed by atoms with van der Waals surface area (Å²) in [5.74, 6) is 0.900. The summed E-state index contributed by atoms with van der Waals surface area (Å²) in [6.07, 6.45) is 1.04. The van der Waals surface area contributed by atoms with E-state index in [-0.39, 0.29) is 0 Å². The van der Waals surface area contributed by atoms with Crippen LogP contribution in [0.2, 0.25) is 0 Å². The number of hydrogen-bond acceptors (Lipinski definition) is 3. The highest BCUT2D eigenvalue weighted by molar-refractivity contribution is 5.84. The maximum atomic E-state index is 5.35. The zero-order chi connectivity index (χ0) is 15.1. The van der Waals surface area contributed by atoms with Crippen molar-refractivity contribution in [3.8, 4) is 5.75 Å². The summed E-state index contributed by atoms with van der Waals surface area (Å²) < 4.78 is 10.6. The fourth-order valence-corrected chi connectivity index (χ4v) is 2.39. The fourth-order valence-electron chi connectivity index (χ4n) is 2.39. The minimum Gasteiger partial charge on any atom is -0.497 e. The average molecular weight is 287 g/mol. The second-order valence-electron chi connectivity index (χ2n) is 5.20. The van der Waals surface area contributed by atoms with Crippen LogP contribution in [0.4, 0.5) is 0 Å². The van der Waals surface area contributed by atoms with Crippen LogP contribution in [0.5, 0.6) is 5.75 Å². The van der Waals surface area contributed by atoms with Gasteiger partial charge in [-0.2, -0.15) is 0 Å². The van der Waals surface area contributed by atoms with Crippen LogP contribution in [0.25, 0.3) is 10.8 Å². The number of fused-ring (bicyclic) bond motifs is 1. The Morgan fingerprint density at radius 2 is 1.86 bits per heavy atom. The Labute approximate surface area is 127 Å². The summed E-state index contributed by atoms with van der Waals surface area (Å²) in [5.41, 5.74) is 1.31. The van der Waals surface area contributed by atoms with E-state index in [4.69, 9.17) is 9.47 Å². The number of methoxy groups -OCH3 is 1.